The summed E-state index contributed by atoms with van der Waals surface area (Å²) in [5, 5.41) is 14.1. The molecule has 3 heterocycles. The first-order valence-electron chi connectivity index (χ1n) is 10.6. The van der Waals surface area contributed by atoms with Crippen LogP contribution in [0.4, 0.5) is 5.69 Å². The lowest BCUT2D eigenvalue weighted by atomic mass is 10.1. The zero-order valence-corrected chi connectivity index (χ0v) is 20.1. The number of sulfonamides is 1. The fraction of sp³-hybridized carbons (Fsp3) is 0.217. The molecule has 0 fully saturated rings. The second-order valence-corrected chi connectivity index (χ2v) is 9.79. The first-order valence-corrected chi connectivity index (χ1v) is 12.1. The number of carbonyl (C=O) groups excluding carboxylic acids is 1. The fourth-order valence-electron chi connectivity index (χ4n) is 3.67. The monoisotopic (exact) mass is 496 g/mol. The van der Waals surface area contributed by atoms with Gasteiger partial charge in [0.2, 0.25) is 0 Å². The first-order chi connectivity index (χ1) is 16.8. The molecule has 0 atom stereocenters. The number of carbonyl (C=O) groups is 1. The normalized spacial score (nSPS) is 11.6. The van der Waals surface area contributed by atoms with E-state index in [9.17, 15) is 18.4 Å². The zero-order valence-electron chi connectivity index (χ0n) is 19.3. The molecule has 0 spiro atoms. The van der Waals surface area contributed by atoms with E-state index < -0.39 is 15.9 Å². The third-order valence-electron chi connectivity index (χ3n) is 5.38. The van der Waals surface area contributed by atoms with E-state index in [4.69, 9.17) is 4.74 Å². The van der Waals surface area contributed by atoms with Gasteiger partial charge in [-0.15, -0.1) is 0 Å². The number of nitrogens with one attached hydrogen (secondary N) is 1. The molecule has 1 amide bonds. The first kappa shape index (κ1) is 24.1. The highest BCUT2D eigenvalue weighted by Gasteiger charge is 2.32. The van der Waals surface area contributed by atoms with Crippen LogP contribution in [0, 0.1) is 0 Å². The number of benzene rings is 1. The molecule has 11 nitrogen and oxygen atoms in total. The van der Waals surface area contributed by atoms with Crippen LogP contribution in [0.2, 0.25) is 0 Å². The minimum Gasteiger partial charge on any atom is -0.497 e. The Morgan fingerprint density at radius 3 is 2.51 bits per heavy atom. The molecule has 182 valence electrons. The highest BCUT2D eigenvalue weighted by molar-refractivity contribution is 7.92. The van der Waals surface area contributed by atoms with E-state index in [-0.39, 0.29) is 28.7 Å². The standard InChI is InChI=1S/C23H24N6O5S/c1-15(2)29-22-19(13-26-29)21(20(12-25-22)23(30)27-31)28(14-16-5-4-10-24-11-16)35(32,33)18-8-6-17(34-3)7-9-18/h4-13,15,31H,14H2,1-3H3,(H,27,30). The molecule has 0 radical (unpaired) electrons. The number of anilines is 1. The predicted octanol–water partition coefficient (Wildman–Crippen LogP) is 2.93. The van der Waals surface area contributed by atoms with Crippen LogP contribution in [0.3, 0.4) is 0 Å². The van der Waals surface area contributed by atoms with Crippen LogP contribution in [-0.4, -0.2) is 46.4 Å². The molecule has 0 aliphatic rings. The van der Waals surface area contributed by atoms with Gasteiger partial charge in [-0.3, -0.25) is 19.3 Å². The van der Waals surface area contributed by atoms with Crippen molar-refractivity contribution in [3.05, 3.63) is 72.3 Å². The second kappa shape index (κ2) is 9.68. The molecule has 35 heavy (non-hydrogen) atoms. The number of pyridine rings is 2. The molecule has 12 heteroatoms. The number of nitrogens with zero attached hydrogens (tertiary/aromatic N) is 5. The summed E-state index contributed by atoms with van der Waals surface area (Å²) in [5.74, 6) is -0.416. The molecule has 4 aromatic rings. The minimum atomic E-state index is -4.22. The van der Waals surface area contributed by atoms with Gasteiger partial charge in [-0.25, -0.2) is 23.6 Å². The van der Waals surface area contributed by atoms with Crippen molar-refractivity contribution in [2.24, 2.45) is 0 Å². The average molecular weight is 497 g/mol. The number of hydrogen-bond donors (Lipinski definition) is 2. The highest BCUT2D eigenvalue weighted by Crippen LogP contribution is 2.36. The Bertz CT molecular complexity index is 1450. The molecule has 0 saturated heterocycles. The van der Waals surface area contributed by atoms with Crippen LogP contribution in [0.5, 0.6) is 5.75 Å². The molecule has 0 aliphatic carbocycles. The SMILES string of the molecule is COc1ccc(S(=O)(=O)N(Cc2cccnc2)c2c(C(=O)NO)cnc3c2cnn3C(C)C)cc1. The third kappa shape index (κ3) is 4.53. The maximum Gasteiger partial charge on any atom is 0.278 e. The van der Waals surface area contributed by atoms with Gasteiger partial charge in [-0.05, 0) is 49.7 Å². The van der Waals surface area contributed by atoms with Gasteiger partial charge in [0, 0.05) is 24.6 Å². The summed E-state index contributed by atoms with van der Waals surface area (Å²) < 4.78 is 35.9. The van der Waals surface area contributed by atoms with Gasteiger partial charge in [-0.2, -0.15) is 5.10 Å². The van der Waals surface area contributed by atoms with E-state index in [0.717, 1.165) is 4.31 Å². The molecule has 0 saturated carbocycles. The quantitative estimate of drug-likeness (QED) is 0.280. The van der Waals surface area contributed by atoms with Gasteiger partial charge in [0.1, 0.15) is 5.75 Å². The highest BCUT2D eigenvalue weighted by atomic mass is 32.2. The number of methoxy groups -OCH3 is 1. The van der Waals surface area contributed by atoms with Gasteiger partial charge in [0.15, 0.2) is 5.65 Å². The Morgan fingerprint density at radius 1 is 1.17 bits per heavy atom. The van der Waals surface area contributed by atoms with Crippen LogP contribution >= 0.6 is 0 Å². The largest absolute Gasteiger partial charge is 0.497 e. The van der Waals surface area contributed by atoms with Gasteiger partial charge in [0.05, 0.1) is 41.4 Å². The number of fused-ring (bicyclic) bond motifs is 1. The number of hydroxylamine groups is 1. The van der Waals surface area contributed by atoms with E-state index in [0.29, 0.717) is 22.3 Å². The molecule has 4 rings (SSSR count). The van der Waals surface area contributed by atoms with Gasteiger partial charge in [0.25, 0.3) is 15.9 Å². The second-order valence-electron chi connectivity index (χ2n) is 7.93. The van der Waals surface area contributed by atoms with Crippen molar-refractivity contribution in [2.75, 3.05) is 11.4 Å². The third-order valence-corrected chi connectivity index (χ3v) is 7.14. The fourth-order valence-corrected chi connectivity index (χ4v) is 5.16. The van der Waals surface area contributed by atoms with Crippen LogP contribution in [0.15, 0.2) is 66.1 Å². The zero-order chi connectivity index (χ0) is 25.2. The lowest BCUT2D eigenvalue weighted by Gasteiger charge is -2.27. The van der Waals surface area contributed by atoms with Crippen molar-refractivity contribution in [1.29, 1.82) is 0 Å². The van der Waals surface area contributed by atoms with E-state index in [1.807, 2.05) is 13.8 Å². The maximum absolute atomic E-state index is 14.0. The number of ether oxygens (including phenoxy) is 1. The van der Waals surface area contributed by atoms with Crippen LogP contribution in [-0.2, 0) is 16.6 Å². The molecule has 0 bridgehead atoms. The topological polar surface area (TPSA) is 140 Å². The Hall–Kier alpha value is -4.03. The van der Waals surface area contributed by atoms with Crippen molar-refractivity contribution >= 4 is 32.7 Å². The Labute approximate surface area is 202 Å². The Morgan fingerprint density at radius 2 is 1.91 bits per heavy atom. The maximum atomic E-state index is 14.0. The molecule has 1 aromatic carbocycles. The lowest BCUT2D eigenvalue weighted by Crippen LogP contribution is -2.33. The van der Waals surface area contributed by atoms with Crippen molar-refractivity contribution < 1.29 is 23.2 Å². The van der Waals surface area contributed by atoms with Crippen LogP contribution < -0.4 is 14.5 Å². The van der Waals surface area contributed by atoms with Crippen molar-refractivity contribution in [3.8, 4) is 5.75 Å². The number of aromatic nitrogens is 4. The van der Waals surface area contributed by atoms with Gasteiger partial charge in [-0.1, -0.05) is 6.07 Å². The Kier molecular flexibility index (Phi) is 6.67. The van der Waals surface area contributed by atoms with Crippen LogP contribution in [0.25, 0.3) is 11.0 Å². The van der Waals surface area contributed by atoms with Crippen molar-refractivity contribution in [3.63, 3.8) is 0 Å². The summed E-state index contributed by atoms with van der Waals surface area (Å²) in [6.45, 7) is 3.67. The van der Waals surface area contributed by atoms with E-state index in [2.05, 4.69) is 15.1 Å². The van der Waals surface area contributed by atoms with E-state index in [1.165, 1.54) is 50.0 Å². The van der Waals surface area contributed by atoms with Crippen molar-refractivity contribution in [1.82, 2.24) is 25.2 Å². The molecule has 2 N–H and O–H groups in total. The molecule has 0 aliphatic heterocycles. The summed E-state index contributed by atoms with van der Waals surface area (Å²) in [6.07, 6.45) is 5.81. The van der Waals surface area contributed by atoms with Crippen LogP contribution in [0.1, 0.15) is 35.8 Å². The summed E-state index contributed by atoms with van der Waals surface area (Å²) in [6, 6.07) is 9.26. The smallest absolute Gasteiger partial charge is 0.278 e. The summed E-state index contributed by atoms with van der Waals surface area (Å²) in [7, 11) is -2.74. The lowest BCUT2D eigenvalue weighted by molar-refractivity contribution is 0.0707. The summed E-state index contributed by atoms with van der Waals surface area (Å²) in [5.41, 5.74) is 2.46. The molecular formula is C23H24N6O5S. The van der Waals surface area contributed by atoms with E-state index in [1.54, 1.807) is 28.5 Å². The Balaban J connectivity index is 2.01. The molecular weight excluding hydrogens is 472 g/mol. The number of rotatable bonds is 8. The molecule has 0 unspecified atom stereocenters. The summed E-state index contributed by atoms with van der Waals surface area (Å²) in [4.78, 5) is 21.1. The average Bonchev–Trinajstić information content (AvgIpc) is 3.31. The summed E-state index contributed by atoms with van der Waals surface area (Å²) >= 11 is 0. The van der Waals surface area contributed by atoms with E-state index >= 15 is 0 Å². The number of hydrogen-bond acceptors (Lipinski definition) is 8. The minimum absolute atomic E-state index is 0.0150. The van der Waals surface area contributed by atoms with Crippen molar-refractivity contribution in [2.45, 2.75) is 31.3 Å². The number of amides is 1. The van der Waals surface area contributed by atoms with Gasteiger partial charge < -0.3 is 4.74 Å². The predicted molar refractivity (Wildman–Crippen MR) is 128 cm³/mol. The molecule has 3 aromatic heterocycles. The van der Waals surface area contributed by atoms with Gasteiger partial charge >= 0.3 is 0 Å².